The number of nitrogens with one attached hydrogen (secondary N) is 1. The summed E-state index contributed by atoms with van der Waals surface area (Å²) in [6.45, 7) is 0.530. The summed E-state index contributed by atoms with van der Waals surface area (Å²) >= 11 is 1.36. The first-order chi connectivity index (χ1) is 11.1. The van der Waals surface area contributed by atoms with E-state index >= 15 is 0 Å². The van der Waals surface area contributed by atoms with E-state index in [1.807, 2.05) is 6.07 Å². The topological polar surface area (TPSA) is 66.4 Å². The molecule has 0 aliphatic carbocycles. The number of thiophene rings is 1. The van der Waals surface area contributed by atoms with E-state index in [1.54, 1.807) is 18.2 Å². The second-order valence-corrected chi connectivity index (χ2v) is 6.21. The Morgan fingerprint density at radius 3 is 2.48 bits per heavy atom. The molecule has 2 N–H and O–H groups in total. The zero-order valence-electron chi connectivity index (χ0n) is 12.5. The summed E-state index contributed by atoms with van der Waals surface area (Å²) in [5.41, 5.74) is 0.879. The van der Waals surface area contributed by atoms with Crippen molar-refractivity contribution in [3.05, 3.63) is 47.1 Å². The second kappa shape index (κ2) is 8.43. The van der Waals surface area contributed by atoms with Crippen LogP contribution in [0.15, 0.2) is 36.4 Å². The Labute approximate surface area is 138 Å². The second-order valence-electron chi connectivity index (χ2n) is 5.13. The molecule has 6 heteroatoms. The maximum absolute atomic E-state index is 12.9. The van der Waals surface area contributed by atoms with E-state index in [1.165, 1.54) is 23.5 Å². The Hall–Kier alpha value is -2.21. The van der Waals surface area contributed by atoms with Crippen LogP contribution in [0, 0.1) is 5.82 Å². The highest BCUT2D eigenvalue weighted by Crippen LogP contribution is 2.28. The smallest absolute Gasteiger partial charge is 0.303 e. The summed E-state index contributed by atoms with van der Waals surface area (Å²) in [6.07, 6.45) is 2.33. The molecule has 0 fully saturated rings. The molecular weight excluding hydrogens is 317 g/mol. The maximum Gasteiger partial charge on any atom is 0.303 e. The lowest BCUT2D eigenvalue weighted by Gasteiger charge is -2.03. The van der Waals surface area contributed by atoms with E-state index in [0.717, 1.165) is 23.3 Å². The lowest BCUT2D eigenvalue weighted by atomic mass is 10.2. The standard InChI is InChI=1S/C17H18FNO3S/c18-13-7-5-12(6-8-13)14-9-10-15(23-14)17(22)19-11-3-1-2-4-16(20)21/h5-10H,1-4,11H2,(H,19,22)(H,20,21). The average molecular weight is 335 g/mol. The minimum Gasteiger partial charge on any atom is -0.481 e. The lowest BCUT2D eigenvalue weighted by molar-refractivity contribution is -0.137. The van der Waals surface area contributed by atoms with Crippen molar-refractivity contribution >= 4 is 23.2 Å². The van der Waals surface area contributed by atoms with Crippen LogP contribution >= 0.6 is 11.3 Å². The number of carbonyl (C=O) groups excluding carboxylic acids is 1. The van der Waals surface area contributed by atoms with Crippen LogP contribution in [0.25, 0.3) is 10.4 Å². The average Bonchev–Trinajstić information content (AvgIpc) is 3.01. The number of carboxylic acids is 1. The van der Waals surface area contributed by atoms with Crippen LogP contribution in [0.5, 0.6) is 0 Å². The molecule has 23 heavy (non-hydrogen) atoms. The number of unbranched alkanes of at least 4 members (excludes halogenated alkanes) is 2. The Balaban J connectivity index is 1.79. The van der Waals surface area contributed by atoms with Crippen molar-refractivity contribution in [1.29, 1.82) is 0 Å². The Bertz CT molecular complexity index is 667. The lowest BCUT2D eigenvalue weighted by Crippen LogP contribution is -2.23. The molecule has 0 atom stereocenters. The van der Waals surface area contributed by atoms with Gasteiger partial charge < -0.3 is 10.4 Å². The maximum atomic E-state index is 12.9. The molecule has 1 amide bonds. The monoisotopic (exact) mass is 335 g/mol. The van der Waals surface area contributed by atoms with E-state index in [4.69, 9.17) is 5.11 Å². The van der Waals surface area contributed by atoms with Crippen LogP contribution in [0.1, 0.15) is 35.4 Å². The third-order valence-electron chi connectivity index (χ3n) is 3.31. The van der Waals surface area contributed by atoms with Gasteiger partial charge in [-0.15, -0.1) is 11.3 Å². The van der Waals surface area contributed by atoms with Gasteiger partial charge in [0, 0.05) is 17.8 Å². The molecule has 0 aliphatic heterocycles. The quantitative estimate of drug-likeness (QED) is 0.718. The van der Waals surface area contributed by atoms with Crippen molar-refractivity contribution in [2.24, 2.45) is 0 Å². The molecule has 1 aromatic carbocycles. The third kappa shape index (κ3) is 5.49. The summed E-state index contributed by atoms with van der Waals surface area (Å²) in [7, 11) is 0. The number of rotatable bonds is 8. The zero-order chi connectivity index (χ0) is 16.7. The van der Waals surface area contributed by atoms with Crippen molar-refractivity contribution in [3.8, 4) is 10.4 Å². The number of amides is 1. The molecule has 0 radical (unpaired) electrons. The number of halogens is 1. The molecule has 1 aromatic heterocycles. The highest BCUT2D eigenvalue weighted by atomic mass is 32.1. The summed E-state index contributed by atoms with van der Waals surface area (Å²) in [4.78, 5) is 23.9. The summed E-state index contributed by atoms with van der Waals surface area (Å²) in [5, 5.41) is 11.4. The van der Waals surface area contributed by atoms with Gasteiger partial charge in [0.2, 0.25) is 0 Å². The molecule has 0 spiro atoms. The van der Waals surface area contributed by atoms with Crippen molar-refractivity contribution in [2.45, 2.75) is 25.7 Å². The molecule has 0 bridgehead atoms. The van der Waals surface area contributed by atoms with Gasteiger partial charge in [0.05, 0.1) is 4.88 Å². The predicted molar refractivity (Wildman–Crippen MR) is 88.2 cm³/mol. The first-order valence-electron chi connectivity index (χ1n) is 7.42. The SMILES string of the molecule is O=C(O)CCCCCNC(=O)c1ccc(-c2ccc(F)cc2)s1. The summed E-state index contributed by atoms with van der Waals surface area (Å²) in [5.74, 6) is -1.21. The van der Waals surface area contributed by atoms with E-state index in [9.17, 15) is 14.0 Å². The fraction of sp³-hybridized carbons (Fsp3) is 0.294. The van der Waals surface area contributed by atoms with Crippen LogP contribution in [-0.4, -0.2) is 23.5 Å². The molecular formula is C17H18FNO3S. The first kappa shape index (κ1) is 17.1. The van der Waals surface area contributed by atoms with Gasteiger partial charge in [-0.2, -0.15) is 0 Å². The number of aliphatic carboxylic acids is 1. The fourth-order valence-electron chi connectivity index (χ4n) is 2.10. The third-order valence-corrected chi connectivity index (χ3v) is 4.44. The first-order valence-corrected chi connectivity index (χ1v) is 8.23. The Morgan fingerprint density at radius 1 is 1.04 bits per heavy atom. The van der Waals surface area contributed by atoms with Crippen LogP contribution < -0.4 is 5.32 Å². The highest BCUT2D eigenvalue weighted by Gasteiger charge is 2.10. The Kier molecular flexibility index (Phi) is 6.29. The zero-order valence-corrected chi connectivity index (χ0v) is 13.4. The van der Waals surface area contributed by atoms with E-state index < -0.39 is 5.97 Å². The molecule has 4 nitrogen and oxygen atoms in total. The summed E-state index contributed by atoms with van der Waals surface area (Å²) < 4.78 is 12.9. The minimum atomic E-state index is -0.791. The molecule has 0 unspecified atom stereocenters. The minimum absolute atomic E-state index is 0.137. The van der Waals surface area contributed by atoms with Crippen LogP contribution in [0.2, 0.25) is 0 Å². The number of carboxylic acid groups (broad SMARTS) is 1. The van der Waals surface area contributed by atoms with Crippen molar-refractivity contribution < 1.29 is 19.1 Å². The number of benzene rings is 1. The summed E-state index contributed by atoms with van der Waals surface area (Å²) in [6, 6.07) is 9.76. The van der Waals surface area contributed by atoms with Crippen LogP contribution in [0.3, 0.4) is 0 Å². The number of hydrogen-bond donors (Lipinski definition) is 2. The van der Waals surface area contributed by atoms with Gasteiger partial charge in [-0.05, 0) is 42.7 Å². The van der Waals surface area contributed by atoms with Crippen LogP contribution in [0.4, 0.5) is 4.39 Å². The van der Waals surface area contributed by atoms with Gasteiger partial charge in [0.15, 0.2) is 0 Å². The van der Waals surface area contributed by atoms with Crippen molar-refractivity contribution in [1.82, 2.24) is 5.32 Å². The van der Waals surface area contributed by atoms with Crippen molar-refractivity contribution in [2.75, 3.05) is 6.54 Å². The molecule has 122 valence electrons. The molecule has 2 aromatic rings. The molecule has 0 saturated heterocycles. The predicted octanol–water partition coefficient (Wildman–Crippen LogP) is 3.93. The van der Waals surface area contributed by atoms with Gasteiger partial charge >= 0.3 is 5.97 Å². The Morgan fingerprint density at radius 2 is 1.78 bits per heavy atom. The van der Waals surface area contributed by atoms with Crippen molar-refractivity contribution in [3.63, 3.8) is 0 Å². The van der Waals surface area contributed by atoms with Gasteiger partial charge in [0.25, 0.3) is 5.91 Å². The van der Waals surface area contributed by atoms with Gasteiger partial charge in [-0.25, -0.2) is 4.39 Å². The molecule has 0 aliphatic rings. The normalized spacial score (nSPS) is 10.5. The number of hydrogen-bond acceptors (Lipinski definition) is 3. The number of carbonyl (C=O) groups is 2. The molecule has 0 saturated carbocycles. The van der Waals surface area contributed by atoms with Crippen LogP contribution in [-0.2, 0) is 4.79 Å². The largest absolute Gasteiger partial charge is 0.481 e. The fourth-order valence-corrected chi connectivity index (χ4v) is 3.02. The van der Waals surface area contributed by atoms with Gasteiger partial charge in [-0.1, -0.05) is 18.6 Å². The van der Waals surface area contributed by atoms with E-state index in [2.05, 4.69) is 5.32 Å². The van der Waals surface area contributed by atoms with E-state index in [0.29, 0.717) is 17.8 Å². The molecule has 2 rings (SSSR count). The molecule has 1 heterocycles. The van der Waals surface area contributed by atoms with Gasteiger partial charge in [0.1, 0.15) is 5.82 Å². The van der Waals surface area contributed by atoms with E-state index in [-0.39, 0.29) is 18.1 Å². The van der Waals surface area contributed by atoms with Gasteiger partial charge in [-0.3, -0.25) is 9.59 Å². The highest BCUT2D eigenvalue weighted by molar-refractivity contribution is 7.17.